The van der Waals surface area contributed by atoms with Crippen LogP contribution in [-0.4, -0.2) is 6.54 Å². The van der Waals surface area contributed by atoms with Gasteiger partial charge in [-0.05, 0) is 53.3 Å². The summed E-state index contributed by atoms with van der Waals surface area (Å²) >= 11 is 5.44. The Morgan fingerprint density at radius 2 is 1.89 bits per heavy atom. The van der Waals surface area contributed by atoms with E-state index >= 15 is 0 Å². The third kappa shape index (κ3) is 3.02. The molecule has 0 saturated heterocycles. The number of thiophene rings is 1. The van der Waals surface area contributed by atoms with Crippen molar-refractivity contribution in [2.24, 2.45) is 0 Å². The Morgan fingerprint density at radius 3 is 2.39 bits per heavy atom. The maximum Gasteiger partial charge on any atom is 0.0682 e. The van der Waals surface area contributed by atoms with E-state index < -0.39 is 0 Å². The summed E-state index contributed by atoms with van der Waals surface area (Å²) in [6.07, 6.45) is 0. The third-order valence-electron chi connectivity index (χ3n) is 2.89. The fourth-order valence-corrected chi connectivity index (χ4v) is 3.96. The summed E-state index contributed by atoms with van der Waals surface area (Å²) in [6.45, 7) is 7.42. The molecule has 96 valence electrons. The van der Waals surface area contributed by atoms with E-state index in [1.807, 2.05) is 0 Å². The first kappa shape index (κ1) is 13.8. The predicted octanol–water partition coefficient (Wildman–Crippen LogP) is 4.83. The van der Waals surface area contributed by atoms with Crippen LogP contribution in [0.25, 0.3) is 0 Å². The third-order valence-corrected chi connectivity index (χ3v) is 4.83. The van der Waals surface area contributed by atoms with Gasteiger partial charge in [-0.1, -0.05) is 36.2 Å². The van der Waals surface area contributed by atoms with Crippen LogP contribution in [0, 0.1) is 13.8 Å². The first-order valence-corrected chi connectivity index (χ1v) is 7.83. The standard InChI is InChI=1S/C15H18BrNS/c1-4-17-14(15-13(16)5-6-18-15)12-8-10(2)7-11(3)9-12/h5-9,14,17H,4H2,1-3H3. The molecule has 0 aliphatic rings. The van der Waals surface area contributed by atoms with Gasteiger partial charge in [-0.2, -0.15) is 0 Å². The second-order valence-electron chi connectivity index (χ2n) is 4.54. The zero-order valence-electron chi connectivity index (χ0n) is 11.0. The highest BCUT2D eigenvalue weighted by Gasteiger charge is 2.17. The minimum atomic E-state index is 0.281. The molecule has 3 heteroatoms. The number of halogens is 1. The number of aryl methyl sites for hydroxylation is 2. The van der Waals surface area contributed by atoms with Crippen molar-refractivity contribution in [1.82, 2.24) is 5.32 Å². The monoisotopic (exact) mass is 323 g/mol. The Hall–Kier alpha value is -0.640. The van der Waals surface area contributed by atoms with Crippen molar-refractivity contribution >= 4 is 27.3 Å². The molecule has 1 heterocycles. The van der Waals surface area contributed by atoms with E-state index in [0.29, 0.717) is 0 Å². The van der Waals surface area contributed by atoms with E-state index in [1.165, 1.54) is 26.0 Å². The highest BCUT2D eigenvalue weighted by Crippen LogP contribution is 2.33. The number of rotatable bonds is 4. The molecule has 1 nitrogen and oxygen atoms in total. The molecule has 0 aliphatic carbocycles. The maximum atomic E-state index is 3.64. The summed E-state index contributed by atoms with van der Waals surface area (Å²) in [4.78, 5) is 1.35. The number of hydrogen-bond donors (Lipinski definition) is 1. The largest absolute Gasteiger partial charge is 0.306 e. The summed E-state index contributed by atoms with van der Waals surface area (Å²) in [5.74, 6) is 0. The van der Waals surface area contributed by atoms with E-state index in [4.69, 9.17) is 0 Å². The van der Waals surface area contributed by atoms with Crippen molar-refractivity contribution in [2.75, 3.05) is 6.54 Å². The lowest BCUT2D eigenvalue weighted by Gasteiger charge is -2.19. The Morgan fingerprint density at radius 1 is 1.22 bits per heavy atom. The van der Waals surface area contributed by atoms with Crippen LogP contribution < -0.4 is 5.32 Å². The smallest absolute Gasteiger partial charge is 0.0682 e. The van der Waals surface area contributed by atoms with Crippen molar-refractivity contribution in [3.8, 4) is 0 Å². The quantitative estimate of drug-likeness (QED) is 0.850. The van der Waals surface area contributed by atoms with Crippen LogP contribution in [0.5, 0.6) is 0 Å². The molecule has 1 aromatic heterocycles. The molecular formula is C15H18BrNS. The summed E-state index contributed by atoms with van der Waals surface area (Å²) < 4.78 is 1.19. The van der Waals surface area contributed by atoms with Gasteiger partial charge in [0.15, 0.2) is 0 Å². The molecule has 0 radical (unpaired) electrons. The molecule has 1 N–H and O–H groups in total. The first-order valence-electron chi connectivity index (χ1n) is 6.16. The van der Waals surface area contributed by atoms with Gasteiger partial charge in [0, 0.05) is 9.35 Å². The van der Waals surface area contributed by atoms with E-state index in [1.54, 1.807) is 11.3 Å². The highest BCUT2D eigenvalue weighted by molar-refractivity contribution is 9.10. The molecule has 0 aliphatic heterocycles. The molecule has 2 aromatic rings. The minimum absolute atomic E-state index is 0.281. The van der Waals surface area contributed by atoms with Gasteiger partial charge < -0.3 is 5.32 Å². The number of hydrogen-bond acceptors (Lipinski definition) is 2. The Balaban J connectivity index is 2.44. The molecule has 2 rings (SSSR count). The highest BCUT2D eigenvalue weighted by atomic mass is 79.9. The number of benzene rings is 1. The minimum Gasteiger partial charge on any atom is -0.306 e. The Bertz CT molecular complexity index is 513. The first-order chi connectivity index (χ1) is 8.61. The molecule has 0 amide bonds. The molecule has 0 fully saturated rings. The van der Waals surface area contributed by atoms with Gasteiger partial charge >= 0.3 is 0 Å². The fourth-order valence-electron chi connectivity index (χ4n) is 2.25. The van der Waals surface area contributed by atoms with Crippen LogP contribution in [0.3, 0.4) is 0 Å². The lowest BCUT2D eigenvalue weighted by molar-refractivity contribution is 0.637. The van der Waals surface area contributed by atoms with Crippen molar-refractivity contribution < 1.29 is 0 Å². The van der Waals surface area contributed by atoms with Crippen molar-refractivity contribution in [3.63, 3.8) is 0 Å². The van der Waals surface area contributed by atoms with Crippen LogP contribution in [-0.2, 0) is 0 Å². The lowest BCUT2D eigenvalue weighted by atomic mass is 10.0. The van der Waals surface area contributed by atoms with E-state index in [9.17, 15) is 0 Å². The second kappa shape index (κ2) is 6.00. The predicted molar refractivity (Wildman–Crippen MR) is 83.5 cm³/mol. The van der Waals surface area contributed by atoms with Gasteiger partial charge in [0.25, 0.3) is 0 Å². The van der Waals surface area contributed by atoms with Gasteiger partial charge in [-0.15, -0.1) is 11.3 Å². The average Bonchev–Trinajstić information content (AvgIpc) is 2.71. The zero-order chi connectivity index (χ0) is 13.1. The van der Waals surface area contributed by atoms with Crippen LogP contribution in [0.4, 0.5) is 0 Å². The average molecular weight is 324 g/mol. The fraction of sp³-hybridized carbons (Fsp3) is 0.333. The molecule has 1 aromatic carbocycles. The zero-order valence-corrected chi connectivity index (χ0v) is 13.4. The molecule has 0 spiro atoms. The van der Waals surface area contributed by atoms with Gasteiger partial charge in [0.2, 0.25) is 0 Å². The molecular weight excluding hydrogens is 306 g/mol. The second-order valence-corrected chi connectivity index (χ2v) is 6.35. The normalized spacial score (nSPS) is 12.7. The van der Waals surface area contributed by atoms with Crippen LogP contribution in [0.2, 0.25) is 0 Å². The molecule has 1 unspecified atom stereocenters. The summed E-state index contributed by atoms with van der Waals surface area (Å²) in [6, 6.07) is 9.16. The van der Waals surface area contributed by atoms with E-state index in [0.717, 1.165) is 6.54 Å². The van der Waals surface area contributed by atoms with E-state index in [2.05, 4.69) is 71.7 Å². The SMILES string of the molecule is CCNC(c1cc(C)cc(C)c1)c1sccc1Br. The van der Waals surface area contributed by atoms with Crippen LogP contribution >= 0.6 is 27.3 Å². The summed E-state index contributed by atoms with van der Waals surface area (Å²) in [5, 5.41) is 5.71. The van der Waals surface area contributed by atoms with Gasteiger partial charge in [-0.3, -0.25) is 0 Å². The van der Waals surface area contributed by atoms with Crippen molar-refractivity contribution in [3.05, 3.63) is 55.7 Å². The van der Waals surface area contributed by atoms with Crippen molar-refractivity contribution in [1.29, 1.82) is 0 Å². The van der Waals surface area contributed by atoms with Gasteiger partial charge in [-0.25, -0.2) is 0 Å². The molecule has 18 heavy (non-hydrogen) atoms. The number of nitrogens with one attached hydrogen (secondary N) is 1. The van der Waals surface area contributed by atoms with Gasteiger partial charge in [0.05, 0.1) is 6.04 Å². The lowest BCUT2D eigenvalue weighted by Crippen LogP contribution is -2.21. The molecule has 0 saturated carbocycles. The maximum absolute atomic E-state index is 3.64. The summed E-state index contributed by atoms with van der Waals surface area (Å²) in [7, 11) is 0. The topological polar surface area (TPSA) is 12.0 Å². The molecule has 1 atom stereocenters. The van der Waals surface area contributed by atoms with Crippen LogP contribution in [0.15, 0.2) is 34.1 Å². The van der Waals surface area contributed by atoms with Gasteiger partial charge in [0.1, 0.15) is 0 Å². The Kier molecular flexibility index (Phi) is 4.60. The van der Waals surface area contributed by atoms with E-state index in [-0.39, 0.29) is 6.04 Å². The van der Waals surface area contributed by atoms with Crippen molar-refractivity contribution in [2.45, 2.75) is 26.8 Å². The summed E-state index contributed by atoms with van der Waals surface area (Å²) in [5.41, 5.74) is 3.98. The van der Waals surface area contributed by atoms with Crippen LogP contribution in [0.1, 0.15) is 34.5 Å². The molecule has 0 bridgehead atoms. The Labute approximate surface area is 121 Å².